The van der Waals surface area contributed by atoms with Gasteiger partial charge in [0.25, 0.3) is 0 Å². The number of anilines is 2. The average molecular weight is 573 g/mol. The lowest BCUT2D eigenvalue weighted by molar-refractivity contribution is -0.116. The minimum absolute atomic E-state index is 0.0748. The second-order valence-electron chi connectivity index (χ2n) is 9.94. The number of benzene rings is 3. The van der Waals surface area contributed by atoms with Crippen LogP contribution in [-0.2, 0) is 4.79 Å². The fourth-order valence-electron chi connectivity index (χ4n) is 4.77. The lowest BCUT2D eigenvalue weighted by Crippen LogP contribution is -2.25. The second kappa shape index (κ2) is 10.1. The van der Waals surface area contributed by atoms with E-state index in [4.69, 9.17) is 0 Å². The minimum Gasteiger partial charge on any atom is -0.511 e. The van der Waals surface area contributed by atoms with Crippen LogP contribution in [0.4, 0.5) is 10.7 Å². The van der Waals surface area contributed by atoms with E-state index in [1.165, 1.54) is 11.3 Å². The van der Waals surface area contributed by atoms with Crippen LogP contribution >= 0.6 is 27.3 Å². The van der Waals surface area contributed by atoms with Crippen LogP contribution < -0.4 is 5.32 Å². The first-order valence-corrected chi connectivity index (χ1v) is 13.7. The zero-order valence-corrected chi connectivity index (χ0v) is 22.9. The van der Waals surface area contributed by atoms with Gasteiger partial charge in [-0.3, -0.25) is 9.59 Å². The van der Waals surface area contributed by atoms with Gasteiger partial charge in [-0.2, -0.15) is 0 Å². The van der Waals surface area contributed by atoms with Crippen molar-refractivity contribution < 1.29 is 14.7 Å². The molecule has 5 rings (SSSR count). The Morgan fingerprint density at radius 3 is 2.19 bits per heavy atom. The molecule has 0 spiro atoms. The standard InChI is InChI=1S/C31H26BrNO3S/c1-31(2)17-23(34)26(24(35)18-31)29-25(19-11-5-3-6-12-19)27(28(36)21-15-9-10-16-22(21)32)30(37-29)33-20-13-7-4-8-14-20/h3-16,33-34H,17-18H2,1-2H3. The number of aliphatic hydroxyl groups is 1. The molecule has 4 aromatic rings. The Morgan fingerprint density at radius 1 is 0.919 bits per heavy atom. The highest BCUT2D eigenvalue weighted by Gasteiger charge is 2.37. The van der Waals surface area contributed by atoms with Crippen molar-refractivity contribution >= 4 is 55.1 Å². The van der Waals surface area contributed by atoms with Gasteiger partial charge in [0, 0.05) is 34.1 Å². The van der Waals surface area contributed by atoms with Gasteiger partial charge in [-0.25, -0.2) is 0 Å². The maximum absolute atomic E-state index is 14.2. The summed E-state index contributed by atoms with van der Waals surface area (Å²) in [5.74, 6) is -0.208. The van der Waals surface area contributed by atoms with Gasteiger partial charge in [-0.1, -0.05) is 90.4 Å². The van der Waals surface area contributed by atoms with E-state index in [1.54, 1.807) is 6.07 Å². The van der Waals surface area contributed by atoms with Crippen LogP contribution in [0.2, 0.25) is 0 Å². The molecule has 4 nitrogen and oxygen atoms in total. The maximum atomic E-state index is 14.2. The van der Waals surface area contributed by atoms with Crippen molar-refractivity contribution in [3.8, 4) is 11.1 Å². The lowest BCUT2D eigenvalue weighted by atomic mass is 9.75. The highest BCUT2D eigenvalue weighted by Crippen LogP contribution is 2.49. The number of halogens is 1. The maximum Gasteiger partial charge on any atom is 0.197 e. The zero-order valence-electron chi connectivity index (χ0n) is 20.5. The van der Waals surface area contributed by atoms with Gasteiger partial charge in [0.1, 0.15) is 10.8 Å². The van der Waals surface area contributed by atoms with E-state index in [9.17, 15) is 14.7 Å². The molecular formula is C31H26BrNO3S. The van der Waals surface area contributed by atoms with E-state index in [2.05, 4.69) is 21.2 Å². The topological polar surface area (TPSA) is 66.4 Å². The van der Waals surface area contributed by atoms with E-state index in [-0.39, 0.29) is 22.7 Å². The number of allylic oxidation sites excluding steroid dienone is 2. The Hall–Kier alpha value is -3.48. The van der Waals surface area contributed by atoms with Gasteiger partial charge in [0.05, 0.1) is 16.0 Å². The first kappa shape index (κ1) is 25.2. The van der Waals surface area contributed by atoms with E-state index in [1.807, 2.05) is 92.7 Å². The molecule has 0 aliphatic heterocycles. The van der Waals surface area contributed by atoms with Crippen molar-refractivity contribution in [1.29, 1.82) is 0 Å². The summed E-state index contributed by atoms with van der Waals surface area (Å²) < 4.78 is 0.690. The molecule has 0 amide bonds. The van der Waals surface area contributed by atoms with Crippen molar-refractivity contribution in [2.75, 3.05) is 5.32 Å². The number of carbonyl (C=O) groups excluding carboxylic acids is 2. The molecule has 3 aromatic carbocycles. The number of hydrogen-bond acceptors (Lipinski definition) is 5. The van der Waals surface area contributed by atoms with E-state index in [0.717, 1.165) is 11.3 Å². The molecule has 6 heteroatoms. The van der Waals surface area contributed by atoms with Crippen molar-refractivity contribution in [2.45, 2.75) is 26.7 Å². The molecule has 1 aliphatic carbocycles. The lowest BCUT2D eigenvalue weighted by Gasteiger charge is -2.29. The normalized spacial score (nSPS) is 15.1. The minimum atomic E-state index is -0.326. The molecule has 1 aliphatic rings. The quantitative estimate of drug-likeness (QED) is 0.227. The van der Waals surface area contributed by atoms with Crippen LogP contribution in [0, 0.1) is 5.41 Å². The molecule has 0 fully saturated rings. The fourth-order valence-corrected chi connectivity index (χ4v) is 6.56. The molecule has 0 saturated carbocycles. The van der Waals surface area contributed by atoms with Crippen LogP contribution in [0.1, 0.15) is 47.5 Å². The smallest absolute Gasteiger partial charge is 0.197 e. The summed E-state index contributed by atoms with van der Waals surface area (Å²) in [4.78, 5) is 28.3. The third kappa shape index (κ3) is 5.04. The third-order valence-electron chi connectivity index (χ3n) is 6.43. The van der Waals surface area contributed by atoms with Crippen molar-refractivity contribution in [3.05, 3.63) is 111 Å². The first-order chi connectivity index (χ1) is 17.7. The number of para-hydroxylation sites is 1. The number of rotatable bonds is 6. The predicted octanol–water partition coefficient (Wildman–Crippen LogP) is 8.81. The van der Waals surface area contributed by atoms with Crippen LogP contribution in [0.3, 0.4) is 0 Å². The molecular weight excluding hydrogens is 546 g/mol. The predicted molar refractivity (Wildman–Crippen MR) is 155 cm³/mol. The van der Waals surface area contributed by atoms with Gasteiger partial charge >= 0.3 is 0 Å². The summed E-state index contributed by atoms with van der Waals surface area (Å²) in [6.07, 6.45) is 0.725. The largest absolute Gasteiger partial charge is 0.511 e. The molecule has 1 aromatic heterocycles. The number of carbonyl (C=O) groups is 2. The molecule has 0 unspecified atom stereocenters. The molecule has 0 atom stereocenters. The summed E-state index contributed by atoms with van der Waals surface area (Å²) in [5, 5.41) is 15.2. The van der Waals surface area contributed by atoms with Gasteiger partial charge in [-0.05, 0) is 35.2 Å². The van der Waals surface area contributed by atoms with Gasteiger partial charge in [0.15, 0.2) is 11.6 Å². The third-order valence-corrected chi connectivity index (χ3v) is 8.24. The highest BCUT2D eigenvalue weighted by atomic mass is 79.9. The summed E-state index contributed by atoms with van der Waals surface area (Å²) in [5.41, 5.74) is 3.26. The number of ketones is 2. The van der Waals surface area contributed by atoms with E-state index >= 15 is 0 Å². The Labute approximate surface area is 228 Å². The summed E-state index contributed by atoms with van der Waals surface area (Å²) in [6, 6.07) is 26.6. The van der Waals surface area contributed by atoms with Gasteiger partial charge in [-0.15, -0.1) is 11.3 Å². The number of thiophene rings is 1. The average Bonchev–Trinajstić information content (AvgIpc) is 3.22. The summed E-state index contributed by atoms with van der Waals surface area (Å²) >= 11 is 4.87. The Morgan fingerprint density at radius 2 is 1.54 bits per heavy atom. The SMILES string of the molecule is CC1(C)CC(=O)C(c2sc(Nc3ccccc3)c(C(=O)c3ccccc3Br)c2-c2ccccc2)=C(O)C1. The molecule has 0 radical (unpaired) electrons. The first-order valence-electron chi connectivity index (χ1n) is 12.0. The molecule has 0 bridgehead atoms. The van der Waals surface area contributed by atoms with Crippen molar-refractivity contribution in [1.82, 2.24) is 0 Å². The zero-order chi connectivity index (χ0) is 26.2. The number of hydrogen-bond donors (Lipinski definition) is 2. The Kier molecular flexibility index (Phi) is 6.88. The Bertz CT molecular complexity index is 1520. The summed E-state index contributed by atoms with van der Waals surface area (Å²) in [6.45, 7) is 3.96. The fraction of sp³-hybridized carbons (Fsp3) is 0.161. The van der Waals surface area contributed by atoms with Crippen LogP contribution in [0.25, 0.3) is 16.7 Å². The molecule has 186 valence electrons. The van der Waals surface area contributed by atoms with E-state index < -0.39 is 0 Å². The summed E-state index contributed by atoms with van der Waals surface area (Å²) in [7, 11) is 0. The molecule has 1 heterocycles. The monoisotopic (exact) mass is 571 g/mol. The van der Waals surface area contributed by atoms with Gasteiger partial charge < -0.3 is 10.4 Å². The molecule has 0 saturated heterocycles. The van der Waals surface area contributed by atoms with E-state index in [0.29, 0.717) is 49.5 Å². The van der Waals surface area contributed by atoms with Crippen molar-refractivity contribution in [2.24, 2.45) is 5.41 Å². The van der Waals surface area contributed by atoms with Crippen LogP contribution in [0.5, 0.6) is 0 Å². The Balaban J connectivity index is 1.81. The molecule has 37 heavy (non-hydrogen) atoms. The van der Waals surface area contributed by atoms with Crippen molar-refractivity contribution in [3.63, 3.8) is 0 Å². The van der Waals surface area contributed by atoms with Crippen LogP contribution in [-0.4, -0.2) is 16.7 Å². The van der Waals surface area contributed by atoms with Gasteiger partial charge in [0.2, 0.25) is 0 Å². The number of nitrogens with one attached hydrogen (secondary N) is 1. The highest BCUT2D eigenvalue weighted by molar-refractivity contribution is 9.10. The number of aliphatic hydroxyl groups excluding tert-OH is 1. The number of Topliss-reactive ketones (excluding diaryl/α,β-unsaturated/α-hetero) is 1. The second-order valence-corrected chi connectivity index (χ2v) is 11.8. The molecule has 2 N–H and O–H groups in total. The van der Waals surface area contributed by atoms with Crippen LogP contribution in [0.15, 0.2) is 95.2 Å².